The summed E-state index contributed by atoms with van der Waals surface area (Å²) in [5, 5.41) is 0. The molecule has 4 heterocycles. The van der Waals surface area contributed by atoms with Crippen molar-refractivity contribution in [1.82, 2.24) is 0 Å². The topological polar surface area (TPSA) is 9.72 Å². The first-order chi connectivity index (χ1) is 35.9. The molecule has 7 aliphatic rings. The van der Waals surface area contributed by atoms with E-state index in [4.69, 9.17) is 0 Å². The van der Waals surface area contributed by atoms with Gasteiger partial charge < -0.3 is 14.7 Å². The first-order valence-corrected chi connectivity index (χ1v) is 29.2. The minimum Gasteiger partial charge on any atom is -0.334 e. The van der Waals surface area contributed by atoms with Gasteiger partial charge in [0.05, 0.1) is 5.54 Å². The van der Waals surface area contributed by atoms with Crippen molar-refractivity contribution in [1.29, 1.82) is 0 Å². The van der Waals surface area contributed by atoms with Crippen LogP contribution in [0.25, 0.3) is 11.1 Å². The average Bonchev–Trinajstić information content (AvgIpc) is 3.91. The van der Waals surface area contributed by atoms with Crippen LogP contribution in [0.1, 0.15) is 180 Å². The van der Waals surface area contributed by atoms with Crippen LogP contribution in [-0.2, 0) is 32.5 Å². The predicted octanol–water partition coefficient (Wildman–Crippen LogP) is 15.5. The molecule has 5 heteroatoms. The molecule has 383 valence electrons. The molecule has 1 radical (unpaired) electrons. The van der Waals surface area contributed by atoms with Crippen molar-refractivity contribution in [3.63, 3.8) is 0 Å². The van der Waals surface area contributed by atoms with Crippen LogP contribution < -0.4 is 42.0 Å². The molecular weight excluding hydrogens is 916 g/mol. The van der Waals surface area contributed by atoms with Gasteiger partial charge >= 0.3 is 0 Å². The molecule has 1 fully saturated rings. The lowest BCUT2D eigenvalue weighted by Gasteiger charge is -2.51. The quantitative estimate of drug-likeness (QED) is 0.163. The highest BCUT2D eigenvalue weighted by atomic mass is 15.3. The molecule has 3 aliphatic carbocycles. The number of hydrogen-bond donors (Lipinski definition) is 0. The fourth-order valence-electron chi connectivity index (χ4n) is 16.3. The summed E-state index contributed by atoms with van der Waals surface area (Å²) in [6, 6.07) is 49.6. The summed E-state index contributed by atoms with van der Waals surface area (Å²) < 4.78 is 0. The summed E-state index contributed by atoms with van der Waals surface area (Å²) >= 11 is 0. The largest absolute Gasteiger partial charge is 0.334 e. The monoisotopic (exact) mass is 995 g/mol. The van der Waals surface area contributed by atoms with Crippen LogP contribution in [0, 0.1) is 6.92 Å². The van der Waals surface area contributed by atoms with Gasteiger partial charge in [-0.1, -0.05) is 168 Å². The summed E-state index contributed by atoms with van der Waals surface area (Å²) in [4.78, 5) is 8.22. The molecule has 1 saturated carbocycles. The van der Waals surface area contributed by atoms with Crippen LogP contribution in [0.3, 0.4) is 0 Å². The van der Waals surface area contributed by atoms with Gasteiger partial charge in [-0.05, 0) is 207 Å². The maximum absolute atomic E-state index is 2.81. The molecule has 4 aliphatic heterocycles. The average molecular weight is 995 g/mol. The molecule has 3 nitrogen and oxygen atoms in total. The molecule has 0 amide bonds. The molecule has 0 N–H and O–H groups in total. The third kappa shape index (κ3) is 6.62. The Labute approximate surface area is 456 Å². The van der Waals surface area contributed by atoms with Gasteiger partial charge in [-0.25, -0.2) is 0 Å². The maximum atomic E-state index is 2.81. The molecule has 7 aromatic rings. The SMILES string of the molecule is Cc1cc2c3c(c1)N(c1ccc4c(c1)C(C)(C)CCC4(C)C)c1cc4c(cc1B3c1ccc(N3c5ccc(C(C)(C)C)cc5C5(C)CCCCC35C)cc1N2c1ccc2c(c1)-c1ccccc1[B]2)C(C)(C)CCC4(C)C. The van der Waals surface area contributed by atoms with E-state index in [1.54, 1.807) is 0 Å². The van der Waals surface area contributed by atoms with Crippen LogP contribution in [0.5, 0.6) is 0 Å². The molecular formula is C71H78B2N3. The third-order valence-electron chi connectivity index (χ3n) is 21.3. The van der Waals surface area contributed by atoms with E-state index in [9.17, 15) is 0 Å². The Kier molecular flexibility index (Phi) is 9.97. The molecule has 0 aromatic heterocycles. The van der Waals surface area contributed by atoms with Crippen LogP contribution >= 0.6 is 0 Å². The van der Waals surface area contributed by atoms with Crippen LogP contribution in [0.2, 0.25) is 0 Å². The fourth-order valence-corrected chi connectivity index (χ4v) is 16.3. The van der Waals surface area contributed by atoms with E-state index in [-0.39, 0.29) is 44.7 Å². The minimum absolute atomic E-state index is 0.0208. The molecule has 0 saturated heterocycles. The molecule has 0 spiro atoms. The van der Waals surface area contributed by atoms with Crippen molar-refractivity contribution in [2.24, 2.45) is 0 Å². The van der Waals surface area contributed by atoms with E-state index in [1.807, 2.05) is 0 Å². The normalized spacial score (nSPS) is 23.2. The van der Waals surface area contributed by atoms with Crippen molar-refractivity contribution in [3.05, 3.63) is 160 Å². The second kappa shape index (κ2) is 15.6. The highest BCUT2D eigenvalue weighted by molar-refractivity contribution is 7.00. The standard InChI is InChI=1S/C71H78B2N3/c1-43-35-62-64-63(36-43)75(46-22-25-50-51(39-46)67(7,8)32-31-66(50,5)6)61-42-53-52(68(9,10)33-34-69(53,11)12)41-58(61)73(64)57-27-24-47(40-60(57)74(62)45-23-26-56-49(38-45)48-19-15-16-20-55(48)72-56)76-59-28-21-44(65(2,3)4)37-54(59)70(13)29-17-18-30-71(70,76)14/h15-16,19-28,35-42H,17-18,29-34H2,1-14H3. The van der Waals surface area contributed by atoms with Crippen molar-refractivity contribution in [2.45, 2.75) is 186 Å². The Hall–Kier alpha value is -5.93. The maximum Gasteiger partial charge on any atom is 0.252 e. The van der Waals surface area contributed by atoms with Crippen LogP contribution in [-0.4, -0.2) is 19.5 Å². The second-order valence-corrected chi connectivity index (χ2v) is 28.9. The molecule has 0 bridgehead atoms. The van der Waals surface area contributed by atoms with E-state index in [0.29, 0.717) is 0 Å². The number of anilines is 8. The number of benzene rings is 7. The number of fused-ring (bicyclic) bond motifs is 12. The summed E-state index contributed by atoms with van der Waals surface area (Å²) in [5.41, 5.74) is 30.4. The van der Waals surface area contributed by atoms with Gasteiger partial charge in [-0.15, -0.1) is 0 Å². The Morgan fingerprint density at radius 2 is 1.03 bits per heavy atom. The van der Waals surface area contributed by atoms with Gasteiger partial charge in [-0.3, -0.25) is 0 Å². The number of rotatable bonds is 3. The van der Waals surface area contributed by atoms with Crippen molar-refractivity contribution < 1.29 is 0 Å². The first kappa shape index (κ1) is 48.4. The van der Waals surface area contributed by atoms with Crippen molar-refractivity contribution >= 4 is 86.8 Å². The lowest BCUT2D eigenvalue weighted by molar-refractivity contribution is 0.195. The van der Waals surface area contributed by atoms with Gasteiger partial charge in [0.2, 0.25) is 0 Å². The summed E-state index contributed by atoms with van der Waals surface area (Å²) in [6.07, 6.45) is 9.62. The zero-order chi connectivity index (χ0) is 53.0. The zero-order valence-corrected chi connectivity index (χ0v) is 48.2. The van der Waals surface area contributed by atoms with Gasteiger partial charge in [0.15, 0.2) is 7.28 Å². The van der Waals surface area contributed by atoms with E-state index in [0.717, 1.165) is 6.42 Å². The Morgan fingerprint density at radius 3 is 1.72 bits per heavy atom. The molecule has 14 rings (SSSR count). The van der Waals surface area contributed by atoms with Gasteiger partial charge in [0, 0.05) is 50.9 Å². The van der Waals surface area contributed by atoms with Crippen LogP contribution in [0.15, 0.2) is 121 Å². The fraction of sp³-hybridized carbons (Fsp3) is 0.408. The summed E-state index contributed by atoms with van der Waals surface area (Å²) in [5.74, 6) is 0. The Balaban J connectivity index is 1.06. The van der Waals surface area contributed by atoms with E-state index < -0.39 is 0 Å². The van der Waals surface area contributed by atoms with Gasteiger partial charge in [0.1, 0.15) is 0 Å². The first-order valence-electron chi connectivity index (χ1n) is 29.2. The highest BCUT2D eigenvalue weighted by Gasteiger charge is 2.58. The Morgan fingerprint density at radius 1 is 0.447 bits per heavy atom. The second-order valence-electron chi connectivity index (χ2n) is 28.9. The van der Waals surface area contributed by atoms with E-state index >= 15 is 0 Å². The lowest BCUT2D eigenvalue weighted by Crippen LogP contribution is -2.62. The van der Waals surface area contributed by atoms with Crippen molar-refractivity contribution in [3.8, 4) is 11.1 Å². The minimum atomic E-state index is -0.0827. The Bertz CT molecular complexity index is 3660. The smallest absolute Gasteiger partial charge is 0.252 e. The summed E-state index contributed by atoms with van der Waals surface area (Å²) in [6.45, 7) is 34.6. The number of hydrogen-bond acceptors (Lipinski definition) is 3. The molecule has 7 aromatic carbocycles. The van der Waals surface area contributed by atoms with E-state index in [2.05, 4.69) is 240 Å². The third-order valence-corrected chi connectivity index (χ3v) is 21.3. The van der Waals surface area contributed by atoms with Crippen molar-refractivity contribution in [2.75, 3.05) is 14.7 Å². The predicted molar refractivity (Wildman–Crippen MR) is 328 cm³/mol. The highest BCUT2D eigenvalue weighted by Crippen LogP contribution is 2.62. The molecule has 76 heavy (non-hydrogen) atoms. The molecule has 2 atom stereocenters. The number of nitrogens with zero attached hydrogens (tertiary/aromatic N) is 3. The molecule has 2 unspecified atom stereocenters. The van der Waals surface area contributed by atoms with E-state index in [1.165, 1.54) is 168 Å². The van der Waals surface area contributed by atoms with Crippen LogP contribution in [0.4, 0.5) is 45.5 Å². The van der Waals surface area contributed by atoms with Gasteiger partial charge in [-0.2, -0.15) is 0 Å². The summed E-state index contributed by atoms with van der Waals surface area (Å²) in [7, 11) is 2.37. The number of aryl methyl sites for hydroxylation is 1. The zero-order valence-electron chi connectivity index (χ0n) is 48.2. The van der Waals surface area contributed by atoms with Gasteiger partial charge in [0.25, 0.3) is 6.71 Å². The lowest BCUT2D eigenvalue weighted by atomic mass is 9.33.